The summed E-state index contributed by atoms with van der Waals surface area (Å²) in [6.07, 6.45) is 0. The number of benzene rings is 2. The molecular weight excluding hydrogens is 359 g/mol. The van der Waals surface area contributed by atoms with E-state index in [1.807, 2.05) is 0 Å². The van der Waals surface area contributed by atoms with E-state index in [2.05, 4.69) is 5.32 Å². The maximum atomic E-state index is 12.4. The SMILES string of the molecule is CN(CC(=O)Nc1ccc(Cl)cc1)S(=O)(=O)c1ccc(Cl)cc1. The highest BCUT2D eigenvalue weighted by Gasteiger charge is 2.22. The number of hydrogen-bond donors (Lipinski definition) is 1. The maximum Gasteiger partial charge on any atom is 0.243 e. The Morgan fingerprint density at radius 3 is 2.00 bits per heavy atom. The Hall–Kier alpha value is -1.60. The van der Waals surface area contributed by atoms with Crippen LogP contribution in [0.4, 0.5) is 5.69 Å². The van der Waals surface area contributed by atoms with E-state index in [9.17, 15) is 13.2 Å². The van der Waals surface area contributed by atoms with E-state index in [4.69, 9.17) is 23.2 Å². The topological polar surface area (TPSA) is 66.5 Å². The molecule has 0 radical (unpaired) electrons. The van der Waals surface area contributed by atoms with Crippen molar-refractivity contribution in [2.24, 2.45) is 0 Å². The summed E-state index contributed by atoms with van der Waals surface area (Å²) in [6, 6.07) is 12.3. The van der Waals surface area contributed by atoms with Crippen molar-refractivity contribution in [3.63, 3.8) is 0 Å². The van der Waals surface area contributed by atoms with Crippen LogP contribution >= 0.6 is 23.2 Å². The molecule has 0 fully saturated rings. The summed E-state index contributed by atoms with van der Waals surface area (Å²) in [5.41, 5.74) is 0.539. The molecule has 122 valence electrons. The van der Waals surface area contributed by atoms with E-state index in [0.717, 1.165) is 4.31 Å². The summed E-state index contributed by atoms with van der Waals surface area (Å²) in [6.45, 7) is -0.312. The van der Waals surface area contributed by atoms with Crippen molar-refractivity contribution in [1.82, 2.24) is 4.31 Å². The molecule has 0 aliphatic rings. The van der Waals surface area contributed by atoms with Crippen LogP contribution in [0.25, 0.3) is 0 Å². The number of anilines is 1. The van der Waals surface area contributed by atoms with Crippen LogP contribution in [0.15, 0.2) is 53.4 Å². The molecule has 1 amide bonds. The molecule has 0 heterocycles. The maximum absolute atomic E-state index is 12.4. The summed E-state index contributed by atoms with van der Waals surface area (Å²) >= 11 is 11.5. The highest BCUT2D eigenvalue weighted by atomic mass is 35.5. The number of amides is 1. The van der Waals surface area contributed by atoms with Gasteiger partial charge in [0.05, 0.1) is 11.4 Å². The van der Waals surface area contributed by atoms with Gasteiger partial charge in [0.25, 0.3) is 0 Å². The van der Waals surface area contributed by atoms with Crippen LogP contribution < -0.4 is 5.32 Å². The van der Waals surface area contributed by atoms with Crippen LogP contribution in [0.3, 0.4) is 0 Å². The molecule has 23 heavy (non-hydrogen) atoms. The lowest BCUT2D eigenvalue weighted by Gasteiger charge is -2.17. The van der Waals surface area contributed by atoms with Gasteiger partial charge >= 0.3 is 0 Å². The van der Waals surface area contributed by atoms with Gasteiger partial charge in [-0.15, -0.1) is 0 Å². The molecule has 5 nitrogen and oxygen atoms in total. The molecule has 0 bridgehead atoms. The molecule has 0 saturated carbocycles. The molecule has 2 aromatic rings. The molecule has 8 heteroatoms. The monoisotopic (exact) mass is 372 g/mol. The molecular formula is C15H14Cl2N2O3S. The smallest absolute Gasteiger partial charge is 0.243 e. The summed E-state index contributed by atoms with van der Waals surface area (Å²) in [5, 5.41) is 3.59. The lowest BCUT2D eigenvalue weighted by atomic mass is 10.3. The van der Waals surface area contributed by atoms with Crippen molar-refractivity contribution in [2.45, 2.75) is 4.90 Å². The first-order valence-electron chi connectivity index (χ1n) is 6.56. The third-order valence-electron chi connectivity index (χ3n) is 3.02. The van der Waals surface area contributed by atoms with Crippen molar-refractivity contribution in [2.75, 3.05) is 18.9 Å². The lowest BCUT2D eigenvalue weighted by molar-refractivity contribution is -0.116. The van der Waals surface area contributed by atoms with Crippen LogP contribution in [-0.4, -0.2) is 32.2 Å². The lowest BCUT2D eigenvalue weighted by Crippen LogP contribution is -2.34. The Bertz CT molecular complexity index is 790. The van der Waals surface area contributed by atoms with Gasteiger partial charge in [-0.05, 0) is 48.5 Å². The molecule has 0 aliphatic heterocycles. The van der Waals surface area contributed by atoms with Crippen LogP contribution in [-0.2, 0) is 14.8 Å². The standard InChI is InChI=1S/C15H14Cl2N2O3S/c1-19(23(21,22)14-8-4-12(17)5-9-14)10-15(20)18-13-6-2-11(16)3-7-13/h2-9H,10H2,1H3,(H,18,20). The first kappa shape index (κ1) is 17.7. The number of halogens is 2. The van der Waals surface area contributed by atoms with Gasteiger partial charge in [0, 0.05) is 22.8 Å². The van der Waals surface area contributed by atoms with Gasteiger partial charge in [-0.2, -0.15) is 4.31 Å². The molecule has 1 N–H and O–H groups in total. The van der Waals surface area contributed by atoms with E-state index in [1.165, 1.54) is 31.3 Å². The number of carbonyl (C=O) groups is 1. The zero-order chi connectivity index (χ0) is 17.0. The summed E-state index contributed by atoms with van der Waals surface area (Å²) < 4.78 is 25.7. The molecule has 0 aromatic heterocycles. The van der Waals surface area contributed by atoms with Crippen LogP contribution in [0.5, 0.6) is 0 Å². The van der Waals surface area contributed by atoms with Gasteiger partial charge in [0.1, 0.15) is 0 Å². The Balaban J connectivity index is 2.05. The van der Waals surface area contributed by atoms with Gasteiger partial charge < -0.3 is 5.32 Å². The van der Waals surface area contributed by atoms with E-state index >= 15 is 0 Å². The molecule has 0 aliphatic carbocycles. The number of hydrogen-bond acceptors (Lipinski definition) is 3. The normalized spacial score (nSPS) is 11.5. The fourth-order valence-corrected chi connectivity index (χ4v) is 3.19. The van der Waals surface area contributed by atoms with E-state index in [0.29, 0.717) is 15.7 Å². The van der Waals surface area contributed by atoms with Crippen molar-refractivity contribution in [3.8, 4) is 0 Å². The van der Waals surface area contributed by atoms with E-state index < -0.39 is 15.9 Å². The highest BCUT2D eigenvalue weighted by molar-refractivity contribution is 7.89. The van der Waals surface area contributed by atoms with Crippen molar-refractivity contribution < 1.29 is 13.2 Å². The van der Waals surface area contributed by atoms with Crippen molar-refractivity contribution in [1.29, 1.82) is 0 Å². The van der Waals surface area contributed by atoms with Crippen LogP contribution in [0, 0.1) is 0 Å². The average molecular weight is 373 g/mol. The summed E-state index contributed by atoms with van der Waals surface area (Å²) in [4.78, 5) is 12.0. The molecule has 2 aromatic carbocycles. The van der Waals surface area contributed by atoms with Crippen LogP contribution in [0.2, 0.25) is 10.0 Å². The van der Waals surface area contributed by atoms with Gasteiger partial charge in [-0.3, -0.25) is 4.79 Å². The fourth-order valence-electron chi connectivity index (χ4n) is 1.81. The Labute approximate surface area is 144 Å². The fraction of sp³-hybridized carbons (Fsp3) is 0.133. The van der Waals surface area contributed by atoms with Gasteiger partial charge in [-0.25, -0.2) is 8.42 Å². The minimum absolute atomic E-state index is 0.0729. The molecule has 0 saturated heterocycles. The second kappa shape index (κ2) is 7.31. The summed E-state index contributed by atoms with van der Waals surface area (Å²) in [7, 11) is -2.42. The quantitative estimate of drug-likeness (QED) is 0.875. The first-order valence-corrected chi connectivity index (χ1v) is 8.76. The predicted octanol–water partition coefficient (Wildman–Crippen LogP) is 3.25. The third-order valence-corrected chi connectivity index (χ3v) is 5.34. The first-order chi connectivity index (χ1) is 10.8. The van der Waals surface area contributed by atoms with Crippen molar-refractivity contribution in [3.05, 3.63) is 58.6 Å². The number of nitrogens with one attached hydrogen (secondary N) is 1. The molecule has 0 unspecified atom stereocenters. The van der Waals surface area contributed by atoms with Crippen molar-refractivity contribution >= 4 is 44.8 Å². The molecule has 0 atom stereocenters. The van der Waals surface area contributed by atoms with Gasteiger partial charge in [-0.1, -0.05) is 23.2 Å². The highest BCUT2D eigenvalue weighted by Crippen LogP contribution is 2.18. The van der Waals surface area contributed by atoms with Crippen LogP contribution in [0.1, 0.15) is 0 Å². The minimum Gasteiger partial charge on any atom is -0.325 e. The Kier molecular flexibility index (Phi) is 5.64. The summed E-state index contributed by atoms with van der Waals surface area (Å²) in [5.74, 6) is -0.452. The molecule has 0 spiro atoms. The number of sulfonamides is 1. The van der Waals surface area contributed by atoms with E-state index in [-0.39, 0.29) is 11.4 Å². The number of nitrogens with zero attached hydrogens (tertiary/aromatic N) is 1. The number of rotatable bonds is 5. The average Bonchev–Trinajstić information content (AvgIpc) is 2.50. The largest absolute Gasteiger partial charge is 0.325 e. The van der Waals surface area contributed by atoms with Gasteiger partial charge in [0.2, 0.25) is 15.9 Å². The third kappa shape index (κ3) is 4.68. The second-order valence-corrected chi connectivity index (χ2v) is 7.69. The zero-order valence-electron chi connectivity index (χ0n) is 12.2. The molecule has 2 rings (SSSR count). The van der Waals surface area contributed by atoms with E-state index in [1.54, 1.807) is 24.3 Å². The number of likely N-dealkylation sites (N-methyl/N-ethyl adjacent to an activating group) is 1. The minimum atomic E-state index is -3.76. The number of carbonyl (C=O) groups excluding carboxylic acids is 1. The zero-order valence-corrected chi connectivity index (χ0v) is 14.5. The Morgan fingerprint density at radius 1 is 1.00 bits per heavy atom. The second-order valence-electron chi connectivity index (χ2n) is 4.77. The predicted molar refractivity (Wildman–Crippen MR) is 91.3 cm³/mol. The Morgan fingerprint density at radius 2 is 1.48 bits per heavy atom. The van der Waals surface area contributed by atoms with Gasteiger partial charge in [0.15, 0.2) is 0 Å².